The lowest BCUT2D eigenvalue weighted by molar-refractivity contribution is -0.148. The molecular formula is C11H16N2O3S. The molecule has 0 aliphatic carbocycles. The maximum absolute atomic E-state index is 11.6. The van der Waals surface area contributed by atoms with Crippen molar-refractivity contribution in [3.05, 3.63) is 22.4 Å². The van der Waals surface area contributed by atoms with Gasteiger partial charge in [-0.3, -0.25) is 4.79 Å². The van der Waals surface area contributed by atoms with Crippen molar-refractivity contribution in [3.8, 4) is 0 Å². The lowest BCUT2D eigenvalue weighted by atomic mass is 10.2. The molecule has 0 radical (unpaired) electrons. The first kappa shape index (κ1) is 13.7. The molecule has 94 valence electrons. The Hall–Kier alpha value is -1.40. The van der Waals surface area contributed by atoms with Gasteiger partial charge in [0.1, 0.15) is 0 Å². The number of carbonyl (C=O) groups is 2. The van der Waals surface area contributed by atoms with Crippen LogP contribution in [0.5, 0.6) is 0 Å². The topological polar surface area (TPSA) is 81.4 Å². The molecule has 3 N–H and O–H groups in total. The fourth-order valence-electron chi connectivity index (χ4n) is 1.25. The molecule has 0 fully saturated rings. The summed E-state index contributed by atoms with van der Waals surface area (Å²) in [5.74, 6) is -1.23. The number of esters is 1. The Morgan fingerprint density at radius 3 is 2.82 bits per heavy atom. The molecule has 1 unspecified atom stereocenters. The van der Waals surface area contributed by atoms with Gasteiger partial charge >= 0.3 is 5.97 Å². The average molecular weight is 256 g/mol. The van der Waals surface area contributed by atoms with Crippen molar-refractivity contribution in [1.29, 1.82) is 0 Å². The van der Waals surface area contributed by atoms with E-state index in [0.29, 0.717) is 0 Å². The Morgan fingerprint density at radius 2 is 2.29 bits per heavy atom. The van der Waals surface area contributed by atoms with Gasteiger partial charge in [0, 0.05) is 4.88 Å². The van der Waals surface area contributed by atoms with Gasteiger partial charge in [0.05, 0.1) is 12.6 Å². The summed E-state index contributed by atoms with van der Waals surface area (Å²) in [7, 11) is 0. The SMILES string of the molecule is CCOC(=O)C(N)C(=O)N[C@@H](C)c1cccs1. The summed E-state index contributed by atoms with van der Waals surface area (Å²) in [6, 6.07) is 2.37. The van der Waals surface area contributed by atoms with Gasteiger partial charge in [-0.05, 0) is 25.3 Å². The second-order valence-electron chi connectivity index (χ2n) is 3.48. The number of hydrogen-bond acceptors (Lipinski definition) is 5. The summed E-state index contributed by atoms with van der Waals surface area (Å²) in [6.45, 7) is 3.71. The van der Waals surface area contributed by atoms with Gasteiger partial charge in [0.2, 0.25) is 5.91 Å². The lowest BCUT2D eigenvalue weighted by Crippen LogP contribution is -2.47. The molecule has 0 aliphatic heterocycles. The van der Waals surface area contributed by atoms with Crippen molar-refractivity contribution in [2.75, 3.05) is 6.61 Å². The molecule has 0 saturated carbocycles. The van der Waals surface area contributed by atoms with Gasteiger partial charge in [-0.2, -0.15) is 0 Å². The van der Waals surface area contributed by atoms with E-state index in [-0.39, 0.29) is 12.6 Å². The number of carbonyl (C=O) groups excluding carboxylic acids is 2. The predicted octanol–water partition coefficient (Wildman–Crippen LogP) is 0.816. The van der Waals surface area contributed by atoms with E-state index in [1.54, 1.807) is 6.92 Å². The second kappa shape index (κ2) is 6.36. The number of amides is 1. The molecule has 0 saturated heterocycles. The highest BCUT2D eigenvalue weighted by molar-refractivity contribution is 7.10. The third-order valence-electron chi connectivity index (χ3n) is 2.15. The van der Waals surface area contributed by atoms with Crippen LogP contribution in [0.3, 0.4) is 0 Å². The molecule has 17 heavy (non-hydrogen) atoms. The van der Waals surface area contributed by atoms with Gasteiger partial charge < -0.3 is 15.8 Å². The fraction of sp³-hybridized carbons (Fsp3) is 0.455. The number of nitrogens with two attached hydrogens (primary N) is 1. The molecule has 1 rings (SSSR count). The van der Waals surface area contributed by atoms with Crippen molar-refractivity contribution in [1.82, 2.24) is 5.32 Å². The molecule has 0 aliphatic rings. The number of ether oxygens (including phenoxy) is 1. The molecule has 1 amide bonds. The minimum Gasteiger partial charge on any atom is -0.464 e. The Balaban J connectivity index is 2.51. The molecule has 6 heteroatoms. The minimum absolute atomic E-state index is 0.164. The zero-order valence-electron chi connectivity index (χ0n) is 9.80. The summed E-state index contributed by atoms with van der Waals surface area (Å²) >= 11 is 1.53. The van der Waals surface area contributed by atoms with Crippen molar-refractivity contribution in [3.63, 3.8) is 0 Å². The maximum Gasteiger partial charge on any atom is 0.332 e. The van der Waals surface area contributed by atoms with Crippen molar-refractivity contribution >= 4 is 23.2 Å². The van der Waals surface area contributed by atoms with Crippen LogP contribution in [0.15, 0.2) is 17.5 Å². The molecule has 1 aromatic rings. The van der Waals surface area contributed by atoms with Crippen molar-refractivity contribution in [2.24, 2.45) is 5.73 Å². The molecule has 0 aromatic carbocycles. The molecule has 1 heterocycles. The highest BCUT2D eigenvalue weighted by Gasteiger charge is 2.24. The summed E-state index contributed by atoms with van der Waals surface area (Å²) in [6.07, 6.45) is 0. The zero-order chi connectivity index (χ0) is 12.8. The lowest BCUT2D eigenvalue weighted by Gasteiger charge is -2.15. The molecule has 5 nitrogen and oxygen atoms in total. The van der Waals surface area contributed by atoms with Crippen LogP contribution in [0.4, 0.5) is 0 Å². The normalized spacial score (nSPS) is 13.8. The summed E-state index contributed by atoms with van der Waals surface area (Å²) in [5, 5.41) is 4.59. The first-order chi connectivity index (χ1) is 8.06. The van der Waals surface area contributed by atoms with Crippen LogP contribution in [0.2, 0.25) is 0 Å². The summed E-state index contributed by atoms with van der Waals surface area (Å²) < 4.78 is 4.67. The smallest absolute Gasteiger partial charge is 0.332 e. The summed E-state index contributed by atoms with van der Waals surface area (Å²) in [4.78, 5) is 23.9. The van der Waals surface area contributed by atoms with E-state index >= 15 is 0 Å². The third kappa shape index (κ3) is 3.83. The molecular weight excluding hydrogens is 240 g/mol. The molecule has 1 aromatic heterocycles. The van der Waals surface area contributed by atoms with Crippen LogP contribution in [0, 0.1) is 0 Å². The quantitative estimate of drug-likeness (QED) is 0.603. The minimum atomic E-state index is -1.27. The fourth-order valence-corrected chi connectivity index (χ4v) is 1.99. The van der Waals surface area contributed by atoms with Crippen LogP contribution in [-0.4, -0.2) is 24.5 Å². The second-order valence-corrected chi connectivity index (χ2v) is 4.45. The first-order valence-corrected chi connectivity index (χ1v) is 6.20. The van der Waals surface area contributed by atoms with Crippen LogP contribution < -0.4 is 11.1 Å². The van der Waals surface area contributed by atoms with E-state index < -0.39 is 17.9 Å². The van der Waals surface area contributed by atoms with Gasteiger partial charge in [-0.1, -0.05) is 6.07 Å². The van der Waals surface area contributed by atoms with Crippen molar-refractivity contribution in [2.45, 2.75) is 25.9 Å². The van der Waals surface area contributed by atoms with E-state index in [4.69, 9.17) is 5.73 Å². The highest BCUT2D eigenvalue weighted by atomic mass is 32.1. The third-order valence-corrected chi connectivity index (χ3v) is 3.21. The number of nitrogens with one attached hydrogen (secondary N) is 1. The Kier molecular flexibility index (Phi) is 5.11. The highest BCUT2D eigenvalue weighted by Crippen LogP contribution is 2.17. The van der Waals surface area contributed by atoms with Gasteiger partial charge in [0.25, 0.3) is 0 Å². The van der Waals surface area contributed by atoms with E-state index in [2.05, 4.69) is 10.1 Å². The van der Waals surface area contributed by atoms with Gasteiger partial charge in [0.15, 0.2) is 6.04 Å². The van der Waals surface area contributed by atoms with Gasteiger partial charge in [-0.25, -0.2) is 4.79 Å². The zero-order valence-corrected chi connectivity index (χ0v) is 10.6. The Bertz CT molecular complexity index is 378. The van der Waals surface area contributed by atoms with Crippen LogP contribution >= 0.6 is 11.3 Å². The first-order valence-electron chi connectivity index (χ1n) is 5.32. The van der Waals surface area contributed by atoms with E-state index in [1.165, 1.54) is 11.3 Å². The molecule has 0 spiro atoms. The van der Waals surface area contributed by atoms with E-state index in [0.717, 1.165) is 4.88 Å². The maximum atomic E-state index is 11.6. The van der Waals surface area contributed by atoms with Crippen LogP contribution in [0.25, 0.3) is 0 Å². The number of thiophene rings is 1. The van der Waals surface area contributed by atoms with E-state index in [9.17, 15) is 9.59 Å². The van der Waals surface area contributed by atoms with Crippen LogP contribution in [0.1, 0.15) is 24.8 Å². The molecule has 0 bridgehead atoms. The monoisotopic (exact) mass is 256 g/mol. The van der Waals surface area contributed by atoms with Crippen LogP contribution in [-0.2, 0) is 14.3 Å². The van der Waals surface area contributed by atoms with Gasteiger partial charge in [-0.15, -0.1) is 11.3 Å². The molecule has 2 atom stereocenters. The number of rotatable bonds is 5. The standard InChI is InChI=1S/C11H16N2O3S/c1-3-16-11(15)9(12)10(14)13-7(2)8-5-4-6-17-8/h4-7,9H,3,12H2,1-2H3,(H,13,14)/t7-,9?/m0/s1. The average Bonchev–Trinajstić information content (AvgIpc) is 2.81. The summed E-state index contributed by atoms with van der Waals surface area (Å²) in [5.41, 5.74) is 5.47. The van der Waals surface area contributed by atoms with Crippen molar-refractivity contribution < 1.29 is 14.3 Å². The van der Waals surface area contributed by atoms with E-state index in [1.807, 2.05) is 24.4 Å². The Morgan fingerprint density at radius 1 is 1.59 bits per heavy atom. The predicted molar refractivity (Wildman–Crippen MR) is 65.5 cm³/mol. The number of hydrogen-bond donors (Lipinski definition) is 2. The largest absolute Gasteiger partial charge is 0.464 e. The Labute approximate surface area is 104 Å².